The van der Waals surface area contributed by atoms with E-state index >= 15 is 0 Å². The van der Waals surface area contributed by atoms with Gasteiger partial charge in [0.05, 0.1) is 4.90 Å². The van der Waals surface area contributed by atoms with Gasteiger partial charge >= 0.3 is 0 Å². The van der Waals surface area contributed by atoms with E-state index in [1.165, 1.54) is 18.4 Å². The van der Waals surface area contributed by atoms with Gasteiger partial charge in [0, 0.05) is 26.3 Å². The number of ether oxygens (including phenoxy) is 1. The average molecular weight is 374 g/mol. The third-order valence-corrected chi connectivity index (χ3v) is 6.21. The molecule has 1 aliphatic heterocycles. The lowest BCUT2D eigenvalue weighted by molar-refractivity contribution is -0.124. The summed E-state index contributed by atoms with van der Waals surface area (Å²) in [7, 11) is -0.486. The summed E-state index contributed by atoms with van der Waals surface area (Å²) in [5, 5.41) is 0. The van der Waals surface area contributed by atoms with Crippen molar-refractivity contribution in [2.75, 3.05) is 25.5 Å². The summed E-state index contributed by atoms with van der Waals surface area (Å²) in [6.07, 6.45) is -0.0100. The molecule has 1 aliphatic rings. The fourth-order valence-corrected chi connectivity index (χ4v) is 3.90. The zero-order chi connectivity index (χ0) is 18.9. The van der Waals surface area contributed by atoms with E-state index in [0.717, 1.165) is 11.3 Å². The third-order valence-electron chi connectivity index (χ3n) is 4.39. The number of para-hydroxylation sites is 1. The molecule has 1 unspecified atom stereocenters. The quantitative estimate of drug-likeness (QED) is 0.805. The lowest BCUT2D eigenvalue weighted by Crippen LogP contribution is -2.39. The summed E-state index contributed by atoms with van der Waals surface area (Å²) in [6.45, 7) is 2.24. The number of sulfonamides is 1. The number of hydrogen-bond donors (Lipinski definition) is 0. The molecule has 0 radical (unpaired) electrons. The van der Waals surface area contributed by atoms with E-state index in [9.17, 15) is 13.2 Å². The zero-order valence-corrected chi connectivity index (χ0v) is 15.9. The molecule has 138 valence electrons. The number of amides is 1. The van der Waals surface area contributed by atoms with Crippen LogP contribution in [0.25, 0.3) is 0 Å². The van der Waals surface area contributed by atoms with Crippen LogP contribution in [-0.2, 0) is 21.2 Å². The minimum absolute atomic E-state index is 0.143. The lowest BCUT2D eigenvalue weighted by atomic mass is 10.2. The first-order valence-electron chi connectivity index (χ1n) is 8.39. The van der Waals surface area contributed by atoms with Crippen LogP contribution < -0.4 is 9.64 Å². The Morgan fingerprint density at radius 2 is 1.85 bits per heavy atom. The molecule has 1 atom stereocenters. The monoisotopic (exact) mass is 374 g/mol. The average Bonchev–Trinajstić information content (AvgIpc) is 3.04. The highest BCUT2D eigenvalue weighted by Crippen LogP contribution is 2.31. The minimum atomic E-state index is -3.49. The van der Waals surface area contributed by atoms with E-state index in [2.05, 4.69) is 0 Å². The Labute approximate surface area is 154 Å². The molecule has 7 heteroatoms. The standard InChI is InChI=1S/C19H22N2O4S/c1-14(25-16-7-5-4-6-8-16)19(22)21-12-11-15-13-17(9-10-18(15)21)26(23,24)20(2)3/h4-10,13-14H,11-12H2,1-3H3. The normalized spacial score (nSPS) is 15.0. The molecule has 3 rings (SSSR count). The maximum atomic E-state index is 12.8. The van der Waals surface area contributed by atoms with Gasteiger partial charge in [-0.2, -0.15) is 0 Å². The molecule has 0 saturated carbocycles. The van der Waals surface area contributed by atoms with E-state index in [1.54, 1.807) is 42.2 Å². The van der Waals surface area contributed by atoms with Gasteiger partial charge in [-0.05, 0) is 49.2 Å². The smallest absolute Gasteiger partial charge is 0.267 e. The van der Waals surface area contributed by atoms with Gasteiger partial charge in [0.25, 0.3) is 5.91 Å². The Bertz CT molecular complexity index is 910. The van der Waals surface area contributed by atoms with Gasteiger partial charge in [-0.15, -0.1) is 0 Å². The van der Waals surface area contributed by atoms with Crippen molar-refractivity contribution < 1.29 is 17.9 Å². The second-order valence-electron chi connectivity index (χ2n) is 6.39. The summed E-state index contributed by atoms with van der Waals surface area (Å²) in [5.74, 6) is 0.496. The molecule has 0 spiro atoms. The number of benzene rings is 2. The van der Waals surface area contributed by atoms with Gasteiger partial charge in [-0.3, -0.25) is 4.79 Å². The molecule has 1 heterocycles. The summed E-state index contributed by atoms with van der Waals surface area (Å²) < 4.78 is 31.5. The molecule has 2 aromatic carbocycles. The first kappa shape index (κ1) is 18.4. The number of carbonyl (C=O) groups excluding carboxylic acids is 1. The van der Waals surface area contributed by atoms with Crippen molar-refractivity contribution in [3.8, 4) is 5.75 Å². The van der Waals surface area contributed by atoms with Crippen LogP contribution in [0.4, 0.5) is 5.69 Å². The van der Waals surface area contributed by atoms with Crippen molar-refractivity contribution in [3.05, 3.63) is 54.1 Å². The lowest BCUT2D eigenvalue weighted by Gasteiger charge is -2.22. The van der Waals surface area contributed by atoms with Crippen molar-refractivity contribution in [2.45, 2.75) is 24.3 Å². The Morgan fingerprint density at radius 1 is 1.15 bits per heavy atom. The Morgan fingerprint density at radius 3 is 2.50 bits per heavy atom. The Kier molecular flexibility index (Phi) is 5.02. The number of anilines is 1. The van der Waals surface area contributed by atoms with Crippen LogP contribution in [0.5, 0.6) is 5.75 Å². The van der Waals surface area contributed by atoms with Gasteiger partial charge in [0.15, 0.2) is 6.10 Å². The molecule has 0 fully saturated rings. The van der Waals surface area contributed by atoms with Crippen molar-refractivity contribution in [2.24, 2.45) is 0 Å². The number of carbonyl (C=O) groups is 1. The predicted octanol–water partition coefficient (Wildman–Crippen LogP) is 2.29. The second kappa shape index (κ2) is 7.09. The fraction of sp³-hybridized carbons (Fsp3) is 0.316. The summed E-state index contributed by atoms with van der Waals surface area (Å²) >= 11 is 0. The van der Waals surface area contributed by atoms with E-state index in [1.807, 2.05) is 18.2 Å². The number of nitrogens with zero attached hydrogens (tertiary/aromatic N) is 2. The first-order chi connectivity index (χ1) is 12.3. The number of rotatable bonds is 5. The van der Waals surface area contributed by atoms with Crippen molar-refractivity contribution >= 4 is 21.6 Å². The molecular weight excluding hydrogens is 352 g/mol. The van der Waals surface area contributed by atoms with Crippen molar-refractivity contribution in [3.63, 3.8) is 0 Å². The van der Waals surface area contributed by atoms with E-state index in [-0.39, 0.29) is 10.8 Å². The molecular formula is C19H22N2O4S. The molecule has 2 aromatic rings. The summed E-state index contributed by atoms with van der Waals surface area (Å²) in [4.78, 5) is 14.7. The van der Waals surface area contributed by atoms with Gasteiger partial charge < -0.3 is 9.64 Å². The highest BCUT2D eigenvalue weighted by Gasteiger charge is 2.30. The van der Waals surface area contributed by atoms with Crippen LogP contribution in [0.3, 0.4) is 0 Å². The second-order valence-corrected chi connectivity index (χ2v) is 8.54. The molecule has 1 amide bonds. The number of fused-ring (bicyclic) bond motifs is 1. The summed E-state index contributed by atoms with van der Waals surface area (Å²) in [5.41, 5.74) is 1.60. The molecule has 26 heavy (non-hydrogen) atoms. The summed E-state index contributed by atoms with van der Waals surface area (Å²) in [6, 6.07) is 14.1. The first-order valence-corrected chi connectivity index (χ1v) is 9.83. The van der Waals surface area contributed by atoms with Gasteiger partial charge in [0.2, 0.25) is 10.0 Å². The predicted molar refractivity (Wildman–Crippen MR) is 99.9 cm³/mol. The van der Waals surface area contributed by atoms with Crippen molar-refractivity contribution in [1.29, 1.82) is 0 Å². The highest BCUT2D eigenvalue weighted by molar-refractivity contribution is 7.89. The topological polar surface area (TPSA) is 66.9 Å². The molecule has 0 N–H and O–H groups in total. The van der Waals surface area contributed by atoms with Crippen LogP contribution in [0.15, 0.2) is 53.4 Å². The van der Waals surface area contributed by atoms with Gasteiger partial charge in [-0.1, -0.05) is 18.2 Å². The largest absolute Gasteiger partial charge is 0.481 e. The highest BCUT2D eigenvalue weighted by atomic mass is 32.2. The maximum absolute atomic E-state index is 12.8. The van der Waals surface area contributed by atoms with Crippen molar-refractivity contribution in [1.82, 2.24) is 4.31 Å². The van der Waals surface area contributed by atoms with Crippen LogP contribution in [0.1, 0.15) is 12.5 Å². The molecule has 0 aliphatic carbocycles. The number of hydrogen-bond acceptors (Lipinski definition) is 4. The zero-order valence-electron chi connectivity index (χ0n) is 15.0. The Hall–Kier alpha value is -2.38. The van der Waals surface area contributed by atoms with Crippen LogP contribution in [0.2, 0.25) is 0 Å². The Balaban J connectivity index is 1.80. The molecule has 0 saturated heterocycles. The van der Waals surface area contributed by atoms with E-state index < -0.39 is 16.1 Å². The van der Waals surface area contributed by atoms with Crippen LogP contribution in [0, 0.1) is 0 Å². The third kappa shape index (κ3) is 3.45. The van der Waals surface area contributed by atoms with E-state index in [0.29, 0.717) is 18.7 Å². The molecule has 0 aromatic heterocycles. The van der Waals surface area contributed by atoms with E-state index in [4.69, 9.17) is 4.74 Å². The SMILES string of the molecule is CC(Oc1ccccc1)C(=O)N1CCc2cc(S(=O)(=O)N(C)C)ccc21. The van der Waals surface area contributed by atoms with Gasteiger partial charge in [0.1, 0.15) is 5.75 Å². The van der Waals surface area contributed by atoms with Gasteiger partial charge in [-0.25, -0.2) is 12.7 Å². The fourth-order valence-electron chi connectivity index (χ4n) is 2.95. The molecule has 6 nitrogen and oxygen atoms in total. The molecule has 0 bridgehead atoms. The maximum Gasteiger partial charge on any atom is 0.267 e. The van der Waals surface area contributed by atoms with Crippen LogP contribution >= 0.6 is 0 Å². The minimum Gasteiger partial charge on any atom is -0.481 e. The van der Waals surface area contributed by atoms with Crippen LogP contribution in [-0.4, -0.2) is 45.4 Å².